The van der Waals surface area contributed by atoms with E-state index in [1.54, 1.807) is 0 Å². The van der Waals surface area contributed by atoms with Crippen molar-refractivity contribution in [3.05, 3.63) is 15.6 Å². The smallest absolute Gasteiger partial charge is 0.0900 e. The predicted molar refractivity (Wildman–Crippen MR) is 68.7 cm³/mol. The standard InChI is InChI=1S/C11H18N2S2/c1-8-11(15-9(2)13-8)6-12-5-10-3-4-14-7-10/h10,12H,3-7H2,1-2H3. The first-order valence-corrected chi connectivity index (χ1v) is 7.44. The first kappa shape index (κ1) is 11.4. The van der Waals surface area contributed by atoms with E-state index in [1.807, 2.05) is 11.3 Å². The van der Waals surface area contributed by atoms with E-state index < -0.39 is 0 Å². The van der Waals surface area contributed by atoms with Crippen LogP contribution in [-0.4, -0.2) is 23.0 Å². The van der Waals surface area contributed by atoms with Crippen molar-refractivity contribution in [2.75, 3.05) is 18.1 Å². The molecule has 1 N–H and O–H groups in total. The van der Waals surface area contributed by atoms with Crippen molar-refractivity contribution in [3.63, 3.8) is 0 Å². The van der Waals surface area contributed by atoms with E-state index in [0.29, 0.717) is 0 Å². The summed E-state index contributed by atoms with van der Waals surface area (Å²) in [7, 11) is 0. The second-order valence-electron chi connectivity index (χ2n) is 4.10. The lowest BCUT2D eigenvalue weighted by Crippen LogP contribution is -2.22. The SMILES string of the molecule is Cc1nc(C)c(CNCC2CCSC2)s1. The van der Waals surface area contributed by atoms with Crippen LogP contribution in [0.4, 0.5) is 0 Å². The van der Waals surface area contributed by atoms with E-state index in [4.69, 9.17) is 0 Å². The molecule has 15 heavy (non-hydrogen) atoms. The molecule has 4 heteroatoms. The van der Waals surface area contributed by atoms with E-state index in [2.05, 4.69) is 35.9 Å². The zero-order valence-electron chi connectivity index (χ0n) is 9.38. The Balaban J connectivity index is 1.75. The number of thiazole rings is 1. The molecule has 1 aromatic rings. The monoisotopic (exact) mass is 242 g/mol. The number of hydrogen-bond donors (Lipinski definition) is 1. The highest BCUT2D eigenvalue weighted by molar-refractivity contribution is 7.99. The lowest BCUT2D eigenvalue weighted by atomic mass is 10.1. The summed E-state index contributed by atoms with van der Waals surface area (Å²) in [5, 5.41) is 4.74. The molecule has 0 radical (unpaired) electrons. The Kier molecular flexibility index (Phi) is 4.05. The summed E-state index contributed by atoms with van der Waals surface area (Å²) in [5.74, 6) is 3.59. The molecular weight excluding hydrogens is 224 g/mol. The molecule has 1 aliphatic heterocycles. The van der Waals surface area contributed by atoms with Crippen LogP contribution in [0.1, 0.15) is 22.0 Å². The van der Waals surface area contributed by atoms with Crippen LogP contribution in [0.15, 0.2) is 0 Å². The molecule has 1 aromatic heterocycles. The average Bonchev–Trinajstić information content (AvgIpc) is 2.77. The van der Waals surface area contributed by atoms with Gasteiger partial charge in [0.1, 0.15) is 0 Å². The number of hydrogen-bond acceptors (Lipinski definition) is 4. The van der Waals surface area contributed by atoms with Gasteiger partial charge < -0.3 is 5.32 Å². The molecule has 2 heterocycles. The van der Waals surface area contributed by atoms with Gasteiger partial charge in [0, 0.05) is 11.4 Å². The highest BCUT2D eigenvalue weighted by Crippen LogP contribution is 2.23. The number of aromatic nitrogens is 1. The highest BCUT2D eigenvalue weighted by atomic mass is 32.2. The summed E-state index contributed by atoms with van der Waals surface area (Å²) in [5.41, 5.74) is 1.20. The van der Waals surface area contributed by atoms with Crippen LogP contribution in [-0.2, 0) is 6.54 Å². The van der Waals surface area contributed by atoms with E-state index in [0.717, 1.165) is 12.5 Å². The van der Waals surface area contributed by atoms with E-state index in [-0.39, 0.29) is 0 Å². The Hall–Kier alpha value is -0.0600. The van der Waals surface area contributed by atoms with Crippen molar-refractivity contribution in [1.82, 2.24) is 10.3 Å². The summed E-state index contributed by atoms with van der Waals surface area (Å²) in [6, 6.07) is 0. The van der Waals surface area contributed by atoms with Crippen LogP contribution in [0.5, 0.6) is 0 Å². The van der Waals surface area contributed by atoms with Gasteiger partial charge in [-0.05, 0) is 44.2 Å². The van der Waals surface area contributed by atoms with Gasteiger partial charge >= 0.3 is 0 Å². The maximum atomic E-state index is 4.44. The quantitative estimate of drug-likeness (QED) is 0.878. The van der Waals surface area contributed by atoms with Gasteiger partial charge in [0.05, 0.1) is 10.7 Å². The molecule has 0 spiro atoms. The molecule has 0 aromatic carbocycles. The Morgan fingerprint density at radius 2 is 2.33 bits per heavy atom. The maximum Gasteiger partial charge on any atom is 0.0900 e. The Bertz CT molecular complexity index is 316. The minimum Gasteiger partial charge on any atom is -0.311 e. The fourth-order valence-corrected chi connectivity index (χ4v) is 4.06. The molecule has 1 unspecified atom stereocenters. The van der Waals surface area contributed by atoms with Crippen molar-refractivity contribution < 1.29 is 0 Å². The molecule has 1 atom stereocenters. The average molecular weight is 242 g/mol. The Labute approximate surface area is 99.9 Å². The third-order valence-corrected chi connectivity index (χ3v) is 5.05. The lowest BCUT2D eigenvalue weighted by molar-refractivity contribution is 0.524. The second kappa shape index (κ2) is 5.32. The van der Waals surface area contributed by atoms with Gasteiger partial charge in [-0.25, -0.2) is 4.98 Å². The topological polar surface area (TPSA) is 24.9 Å². The molecule has 2 nitrogen and oxygen atoms in total. The molecule has 0 bridgehead atoms. The van der Waals surface area contributed by atoms with Crippen LogP contribution in [0.2, 0.25) is 0 Å². The van der Waals surface area contributed by atoms with Crippen LogP contribution in [0, 0.1) is 19.8 Å². The van der Waals surface area contributed by atoms with Crippen LogP contribution in [0.3, 0.4) is 0 Å². The van der Waals surface area contributed by atoms with Crippen LogP contribution >= 0.6 is 23.1 Å². The van der Waals surface area contributed by atoms with Gasteiger partial charge in [-0.1, -0.05) is 0 Å². The third kappa shape index (κ3) is 3.20. The van der Waals surface area contributed by atoms with Gasteiger partial charge in [-0.3, -0.25) is 0 Å². The number of aryl methyl sites for hydroxylation is 2. The van der Waals surface area contributed by atoms with Crippen molar-refractivity contribution in [2.45, 2.75) is 26.8 Å². The number of thioether (sulfide) groups is 1. The molecule has 84 valence electrons. The molecule has 0 aliphatic carbocycles. The van der Waals surface area contributed by atoms with Gasteiger partial charge in [0.25, 0.3) is 0 Å². The number of nitrogens with one attached hydrogen (secondary N) is 1. The first-order valence-electron chi connectivity index (χ1n) is 5.47. The zero-order valence-corrected chi connectivity index (χ0v) is 11.0. The third-order valence-electron chi connectivity index (χ3n) is 2.74. The molecule has 1 saturated heterocycles. The summed E-state index contributed by atoms with van der Waals surface area (Å²) >= 11 is 3.90. The highest BCUT2D eigenvalue weighted by Gasteiger charge is 2.14. The Morgan fingerprint density at radius 1 is 1.47 bits per heavy atom. The summed E-state index contributed by atoms with van der Waals surface area (Å²) in [6.45, 7) is 6.35. The molecular formula is C11H18N2S2. The number of rotatable bonds is 4. The van der Waals surface area contributed by atoms with E-state index in [9.17, 15) is 0 Å². The van der Waals surface area contributed by atoms with Crippen LogP contribution in [0.25, 0.3) is 0 Å². The molecule has 2 rings (SSSR count). The number of nitrogens with zero attached hydrogens (tertiary/aromatic N) is 1. The summed E-state index contributed by atoms with van der Waals surface area (Å²) < 4.78 is 0. The fraction of sp³-hybridized carbons (Fsp3) is 0.727. The summed E-state index contributed by atoms with van der Waals surface area (Å²) in [6.07, 6.45) is 1.39. The normalized spacial score (nSPS) is 21.1. The minimum atomic E-state index is 0.893. The van der Waals surface area contributed by atoms with Crippen molar-refractivity contribution >= 4 is 23.1 Å². The van der Waals surface area contributed by atoms with E-state index in [1.165, 1.54) is 40.0 Å². The van der Waals surface area contributed by atoms with Gasteiger partial charge in [0.2, 0.25) is 0 Å². The first-order chi connectivity index (χ1) is 7.25. The minimum absolute atomic E-state index is 0.893. The maximum absolute atomic E-state index is 4.44. The van der Waals surface area contributed by atoms with Crippen molar-refractivity contribution in [1.29, 1.82) is 0 Å². The van der Waals surface area contributed by atoms with Crippen LogP contribution < -0.4 is 5.32 Å². The van der Waals surface area contributed by atoms with Gasteiger partial charge in [-0.15, -0.1) is 11.3 Å². The van der Waals surface area contributed by atoms with E-state index >= 15 is 0 Å². The van der Waals surface area contributed by atoms with Crippen molar-refractivity contribution in [3.8, 4) is 0 Å². The van der Waals surface area contributed by atoms with Gasteiger partial charge in [0.15, 0.2) is 0 Å². The lowest BCUT2D eigenvalue weighted by Gasteiger charge is -2.08. The Morgan fingerprint density at radius 3 is 2.93 bits per heavy atom. The molecule has 0 amide bonds. The second-order valence-corrected chi connectivity index (χ2v) is 6.54. The predicted octanol–water partition coefficient (Wildman–Crippen LogP) is 2.60. The summed E-state index contributed by atoms with van der Waals surface area (Å²) in [4.78, 5) is 5.84. The van der Waals surface area contributed by atoms with Gasteiger partial charge in [-0.2, -0.15) is 11.8 Å². The fourth-order valence-electron chi connectivity index (χ4n) is 1.87. The molecule has 1 fully saturated rings. The molecule has 0 saturated carbocycles. The van der Waals surface area contributed by atoms with Crippen molar-refractivity contribution in [2.24, 2.45) is 5.92 Å². The largest absolute Gasteiger partial charge is 0.311 e. The zero-order chi connectivity index (χ0) is 10.7. The molecule has 1 aliphatic rings.